The zero-order valence-electron chi connectivity index (χ0n) is 17.5. The molecule has 5 nitrogen and oxygen atoms in total. The third-order valence-electron chi connectivity index (χ3n) is 5.13. The summed E-state index contributed by atoms with van der Waals surface area (Å²) in [4.78, 5) is 7.97. The molecule has 0 spiro atoms. The van der Waals surface area contributed by atoms with Crippen molar-refractivity contribution in [2.24, 2.45) is 0 Å². The normalized spacial score (nSPS) is 11.0. The van der Waals surface area contributed by atoms with Gasteiger partial charge in [0.1, 0.15) is 18.2 Å². The van der Waals surface area contributed by atoms with Crippen molar-refractivity contribution in [2.75, 3.05) is 13.7 Å². The average molecular weight is 420 g/mol. The lowest BCUT2D eigenvalue weighted by molar-refractivity contribution is 0.276. The van der Waals surface area contributed by atoms with Gasteiger partial charge in [-0.2, -0.15) is 0 Å². The largest absolute Gasteiger partial charge is 0.493 e. The molecule has 0 fully saturated rings. The van der Waals surface area contributed by atoms with Crippen LogP contribution in [0.15, 0.2) is 66.7 Å². The van der Waals surface area contributed by atoms with Gasteiger partial charge in [0.05, 0.1) is 18.1 Å². The van der Waals surface area contributed by atoms with E-state index >= 15 is 0 Å². The summed E-state index contributed by atoms with van der Waals surface area (Å²) in [5.74, 6) is 2.00. The van der Waals surface area contributed by atoms with Crippen molar-refractivity contribution in [3.8, 4) is 11.5 Å². The first kappa shape index (κ1) is 20.9. The minimum absolute atomic E-state index is 0.145. The van der Waals surface area contributed by atoms with Gasteiger partial charge >= 0.3 is 0 Å². The number of methoxy groups -OCH3 is 1. The summed E-state index contributed by atoms with van der Waals surface area (Å²) in [6.07, 6.45) is 1.83. The van der Waals surface area contributed by atoms with E-state index in [1.165, 1.54) is 6.07 Å². The fraction of sp³-hybridized carbons (Fsp3) is 0.240. The van der Waals surface area contributed by atoms with Gasteiger partial charge in [0.25, 0.3) is 0 Å². The highest BCUT2D eigenvalue weighted by Crippen LogP contribution is 2.32. The molecule has 1 heterocycles. The number of aromatic nitrogens is 2. The van der Waals surface area contributed by atoms with Crippen molar-refractivity contribution < 1.29 is 13.9 Å². The first-order valence-electron chi connectivity index (χ1n) is 10.4. The summed E-state index contributed by atoms with van der Waals surface area (Å²) in [6.45, 7) is 1.61. The van der Waals surface area contributed by atoms with Gasteiger partial charge in [0.2, 0.25) is 0 Å². The number of hydrogen-bond acceptors (Lipinski definition) is 4. The number of fused-ring (bicyclic) bond motifs is 1. The van der Waals surface area contributed by atoms with E-state index in [1.54, 1.807) is 25.3 Å². The number of nitrogens with zero attached hydrogens (tertiary/aromatic N) is 1. The molecular weight excluding hydrogens is 393 g/mol. The molecule has 0 aliphatic rings. The van der Waals surface area contributed by atoms with E-state index in [1.807, 2.05) is 42.5 Å². The molecule has 1 aromatic heterocycles. The van der Waals surface area contributed by atoms with Crippen LogP contribution in [0.3, 0.4) is 0 Å². The third kappa shape index (κ3) is 5.22. The van der Waals surface area contributed by atoms with Gasteiger partial charge in [-0.25, -0.2) is 9.37 Å². The topological polar surface area (TPSA) is 59.2 Å². The number of benzene rings is 3. The van der Waals surface area contributed by atoms with Crippen LogP contribution in [0.25, 0.3) is 11.0 Å². The average Bonchev–Trinajstić information content (AvgIpc) is 3.21. The highest BCUT2D eigenvalue weighted by atomic mass is 19.1. The Morgan fingerprint density at radius 2 is 1.77 bits per heavy atom. The van der Waals surface area contributed by atoms with Crippen LogP contribution in [0.5, 0.6) is 11.5 Å². The standard InChI is InChI=1S/C25H26FN3O2/c1-30-23-13-6-9-18(25(23)31-17-19-8-2-3-10-20(19)26)16-27-15-7-14-24-28-21-11-4-5-12-22(21)29-24/h2-6,8-13,27H,7,14-17H2,1H3,(H,28,29). The first-order valence-corrected chi connectivity index (χ1v) is 10.4. The Morgan fingerprint density at radius 1 is 0.968 bits per heavy atom. The van der Waals surface area contributed by atoms with Gasteiger partial charge in [0.15, 0.2) is 11.5 Å². The summed E-state index contributed by atoms with van der Waals surface area (Å²) in [5.41, 5.74) is 3.55. The Bertz CT molecular complexity index is 1110. The lowest BCUT2D eigenvalue weighted by atomic mass is 10.1. The van der Waals surface area contributed by atoms with Crippen molar-refractivity contribution in [1.82, 2.24) is 15.3 Å². The van der Waals surface area contributed by atoms with Gasteiger partial charge in [0, 0.05) is 24.1 Å². The molecule has 160 valence electrons. The number of imidazole rings is 1. The number of ether oxygens (including phenoxy) is 2. The van der Waals surface area contributed by atoms with Crippen molar-refractivity contribution in [3.63, 3.8) is 0 Å². The fourth-order valence-corrected chi connectivity index (χ4v) is 3.52. The molecule has 31 heavy (non-hydrogen) atoms. The Kier molecular flexibility index (Phi) is 6.79. The smallest absolute Gasteiger partial charge is 0.166 e. The first-order chi connectivity index (χ1) is 15.2. The number of halogens is 1. The van der Waals surface area contributed by atoms with E-state index in [4.69, 9.17) is 9.47 Å². The molecule has 0 saturated carbocycles. The molecule has 6 heteroatoms. The van der Waals surface area contributed by atoms with Crippen molar-refractivity contribution in [2.45, 2.75) is 26.0 Å². The number of H-pyrrole nitrogens is 1. The van der Waals surface area contributed by atoms with Crippen molar-refractivity contribution in [1.29, 1.82) is 0 Å². The zero-order chi connectivity index (χ0) is 21.5. The fourth-order valence-electron chi connectivity index (χ4n) is 3.52. The molecule has 2 N–H and O–H groups in total. The van der Waals surface area contributed by atoms with Crippen LogP contribution in [-0.4, -0.2) is 23.6 Å². The van der Waals surface area contributed by atoms with Crippen LogP contribution < -0.4 is 14.8 Å². The lowest BCUT2D eigenvalue weighted by Crippen LogP contribution is -2.16. The SMILES string of the molecule is COc1cccc(CNCCCc2nc3ccccc3[nH]2)c1OCc1ccccc1F. The van der Waals surface area contributed by atoms with Crippen LogP contribution in [0.1, 0.15) is 23.4 Å². The minimum Gasteiger partial charge on any atom is -0.493 e. The number of rotatable bonds is 10. The Hall–Kier alpha value is -3.38. The molecule has 0 radical (unpaired) electrons. The summed E-state index contributed by atoms with van der Waals surface area (Å²) in [6, 6.07) is 20.5. The molecule has 0 saturated heterocycles. The third-order valence-corrected chi connectivity index (χ3v) is 5.13. The van der Waals surface area contributed by atoms with Gasteiger partial charge in [-0.05, 0) is 37.2 Å². The molecule has 0 aliphatic heterocycles. The summed E-state index contributed by atoms with van der Waals surface area (Å²) >= 11 is 0. The highest BCUT2D eigenvalue weighted by molar-refractivity contribution is 5.74. The van der Waals surface area contributed by atoms with Gasteiger partial charge in [-0.15, -0.1) is 0 Å². The van der Waals surface area contributed by atoms with E-state index in [0.29, 0.717) is 23.6 Å². The quantitative estimate of drug-likeness (QED) is 0.355. The van der Waals surface area contributed by atoms with Crippen LogP contribution >= 0.6 is 0 Å². The maximum atomic E-state index is 13.9. The van der Waals surface area contributed by atoms with Gasteiger partial charge in [-0.3, -0.25) is 0 Å². The zero-order valence-corrected chi connectivity index (χ0v) is 17.5. The second-order valence-electron chi connectivity index (χ2n) is 7.31. The van der Waals surface area contributed by atoms with Gasteiger partial charge in [-0.1, -0.05) is 42.5 Å². The molecule has 0 bridgehead atoms. The van der Waals surface area contributed by atoms with Crippen molar-refractivity contribution in [3.05, 3.63) is 89.5 Å². The molecule has 0 aliphatic carbocycles. The predicted molar refractivity (Wildman–Crippen MR) is 120 cm³/mol. The maximum absolute atomic E-state index is 13.9. The molecule has 0 amide bonds. The van der Waals surface area contributed by atoms with E-state index in [-0.39, 0.29) is 12.4 Å². The van der Waals surface area contributed by atoms with Crippen LogP contribution in [0.4, 0.5) is 4.39 Å². The predicted octanol–water partition coefficient (Wildman–Crippen LogP) is 5.01. The Morgan fingerprint density at radius 3 is 2.61 bits per heavy atom. The number of para-hydroxylation sites is 3. The molecule has 0 unspecified atom stereocenters. The van der Waals surface area contributed by atoms with Gasteiger partial charge < -0.3 is 19.8 Å². The maximum Gasteiger partial charge on any atom is 0.166 e. The number of nitrogens with one attached hydrogen (secondary N) is 2. The number of aromatic amines is 1. The molecule has 4 aromatic rings. The number of hydrogen-bond donors (Lipinski definition) is 2. The van der Waals surface area contributed by atoms with E-state index in [9.17, 15) is 4.39 Å². The summed E-state index contributed by atoms with van der Waals surface area (Å²) in [5, 5.41) is 3.46. The second-order valence-corrected chi connectivity index (χ2v) is 7.31. The Labute approximate surface area is 181 Å². The molecule has 4 rings (SSSR count). The van der Waals surface area contributed by atoms with E-state index in [0.717, 1.165) is 41.8 Å². The summed E-state index contributed by atoms with van der Waals surface area (Å²) in [7, 11) is 1.61. The monoisotopic (exact) mass is 419 g/mol. The highest BCUT2D eigenvalue weighted by Gasteiger charge is 2.12. The van der Waals surface area contributed by atoms with Crippen LogP contribution in [0.2, 0.25) is 0 Å². The molecule has 0 atom stereocenters. The lowest BCUT2D eigenvalue weighted by Gasteiger charge is -2.16. The van der Waals surface area contributed by atoms with Crippen LogP contribution in [0, 0.1) is 5.82 Å². The summed E-state index contributed by atoms with van der Waals surface area (Å²) < 4.78 is 25.4. The van der Waals surface area contributed by atoms with Crippen LogP contribution in [-0.2, 0) is 19.6 Å². The number of aryl methyl sites for hydroxylation is 1. The minimum atomic E-state index is -0.275. The molecule has 3 aromatic carbocycles. The van der Waals surface area contributed by atoms with E-state index in [2.05, 4.69) is 15.3 Å². The van der Waals surface area contributed by atoms with Crippen molar-refractivity contribution >= 4 is 11.0 Å². The van der Waals surface area contributed by atoms with E-state index < -0.39 is 0 Å². The Balaban J connectivity index is 1.32. The second kappa shape index (κ2) is 10.1. The molecular formula is C25H26FN3O2.